The Hall–Kier alpha value is -2.01. The van der Waals surface area contributed by atoms with E-state index in [9.17, 15) is 4.79 Å². The molecule has 2 aromatic carbocycles. The van der Waals surface area contributed by atoms with Crippen LogP contribution >= 0.6 is 15.9 Å². The van der Waals surface area contributed by atoms with Crippen LogP contribution in [0.5, 0.6) is 0 Å². The zero-order chi connectivity index (χ0) is 15.0. The number of benzene rings is 2. The summed E-state index contributed by atoms with van der Waals surface area (Å²) in [5.41, 5.74) is 16.3. The number of amides is 1. The Labute approximate surface area is 131 Å². The number of hydrogen-bond acceptors (Lipinski definition) is 3. The van der Waals surface area contributed by atoms with Crippen molar-refractivity contribution in [3.05, 3.63) is 57.6 Å². The van der Waals surface area contributed by atoms with Gasteiger partial charge in [0.05, 0.1) is 5.56 Å². The van der Waals surface area contributed by atoms with E-state index in [4.69, 9.17) is 11.5 Å². The van der Waals surface area contributed by atoms with Gasteiger partial charge in [-0.1, -0.05) is 12.1 Å². The number of fused-ring (bicyclic) bond motifs is 1. The van der Waals surface area contributed by atoms with E-state index in [0.29, 0.717) is 5.56 Å². The van der Waals surface area contributed by atoms with Crippen LogP contribution < -0.4 is 16.4 Å². The minimum atomic E-state index is -0.429. The first-order valence-electron chi connectivity index (χ1n) is 6.77. The molecule has 5 heteroatoms. The molecule has 0 fully saturated rings. The highest BCUT2D eigenvalue weighted by Gasteiger charge is 2.19. The molecule has 21 heavy (non-hydrogen) atoms. The second-order valence-corrected chi connectivity index (χ2v) is 6.04. The van der Waals surface area contributed by atoms with Crippen molar-refractivity contribution in [2.75, 3.05) is 17.2 Å². The number of primary amides is 1. The van der Waals surface area contributed by atoms with Crippen molar-refractivity contribution in [1.82, 2.24) is 0 Å². The normalized spacial score (nSPS) is 13.9. The lowest BCUT2D eigenvalue weighted by Gasteiger charge is -2.31. The molecule has 0 bridgehead atoms. The molecule has 4 nitrogen and oxygen atoms in total. The standard InChI is InChI=1S/C16H16BrN3O/c17-14-8-11(4-5-12(14)16(19)21)20-7-6-10-2-1-3-15(18)13(10)9-20/h1-5,8H,6-7,9,18H2,(H2,19,21). The highest BCUT2D eigenvalue weighted by Crippen LogP contribution is 2.30. The van der Waals surface area contributed by atoms with Crippen LogP contribution in [0.3, 0.4) is 0 Å². The molecule has 1 amide bonds. The predicted molar refractivity (Wildman–Crippen MR) is 88.3 cm³/mol. The van der Waals surface area contributed by atoms with Gasteiger partial charge in [-0.15, -0.1) is 0 Å². The van der Waals surface area contributed by atoms with Crippen LogP contribution in [-0.2, 0) is 13.0 Å². The van der Waals surface area contributed by atoms with Gasteiger partial charge in [0, 0.05) is 28.9 Å². The second kappa shape index (κ2) is 5.41. The Morgan fingerprint density at radius 1 is 1.24 bits per heavy atom. The van der Waals surface area contributed by atoms with Gasteiger partial charge in [0.25, 0.3) is 0 Å². The molecule has 0 spiro atoms. The average molecular weight is 346 g/mol. The molecule has 1 aliphatic heterocycles. The summed E-state index contributed by atoms with van der Waals surface area (Å²) in [5.74, 6) is -0.429. The van der Waals surface area contributed by atoms with E-state index in [1.54, 1.807) is 6.07 Å². The van der Waals surface area contributed by atoms with E-state index in [-0.39, 0.29) is 0 Å². The molecule has 0 radical (unpaired) electrons. The molecular weight excluding hydrogens is 330 g/mol. The van der Waals surface area contributed by atoms with Crippen molar-refractivity contribution < 1.29 is 4.79 Å². The number of rotatable bonds is 2. The maximum absolute atomic E-state index is 11.3. The molecule has 4 N–H and O–H groups in total. The zero-order valence-corrected chi connectivity index (χ0v) is 13.1. The Balaban J connectivity index is 1.91. The lowest BCUT2D eigenvalue weighted by molar-refractivity contribution is 0.0999. The molecule has 108 valence electrons. The lowest BCUT2D eigenvalue weighted by atomic mass is 9.97. The number of halogens is 1. The van der Waals surface area contributed by atoms with Crippen LogP contribution in [-0.4, -0.2) is 12.5 Å². The molecule has 2 aromatic rings. The van der Waals surface area contributed by atoms with Crippen LogP contribution in [0, 0.1) is 0 Å². The van der Waals surface area contributed by atoms with Gasteiger partial charge in [-0.3, -0.25) is 4.79 Å². The summed E-state index contributed by atoms with van der Waals surface area (Å²) < 4.78 is 0.722. The maximum Gasteiger partial charge on any atom is 0.249 e. The third kappa shape index (κ3) is 2.61. The molecule has 0 aromatic heterocycles. The number of carbonyl (C=O) groups excluding carboxylic acids is 1. The average Bonchev–Trinajstić information content (AvgIpc) is 2.47. The summed E-state index contributed by atoms with van der Waals surface area (Å²) in [7, 11) is 0. The number of anilines is 2. The highest BCUT2D eigenvalue weighted by molar-refractivity contribution is 9.10. The largest absolute Gasteiger partial charge is 0.398 e. The first kappa shape index (κ1) is 13.9. The number of hydrogen-bond donors (Lipinski definition) is 2. The van der Waals surface area contributed by atoms with Gasteiger partial charge in [-0.25, -0.2) is 0 Å². The quantitative estimate of drug-likeness (QED) is 0.822. The van der Waals surface area contributed by atoms with E-state index in [2.05, 4.69) is 26.9 Å². The van der Waals surface area contributed by atoms with E-state index in [1.165, 1.54) is 11.1 Å². The zero-order valence-electron chi connectivity index (χ0n) is 11.5. The second-order valence-electron chi connectivity index (χ2n) is 5.18. The van der Waals surface area contributed by atoms with E-state index < -0.39 is 5.91 Å². The predicted octanol–water partition coefficient (Wildman–Crippen LogP) is 2.69. The van der Waals surface area contributed by atoms with E-state index >= 15 is 0 Å². The van der Waals surface area contributed by atoms with Gasteiger partial charge in [-0.05, 0) is 57.7 Å². The van der Waals surface area contributed by atoms with Crippen molar-refractivity contribution in [3.63, 3.8) is 0 Å². The molecule has 0 unspecified atom stereocenters. The van der Waals surface area contributed by atoms with Crippen molar-refractivity contribution in [1.29, 1.82) is 0 Å². The van der Waals surface area contributed by atoms with Crippen molar-refractivity contribution in [2.24, 2.45) is 5.73 Å². The Morgan fingerprint density at radius 2 is 2.05 bits per heavy atom. The molecule has 3 rings (SSSR count). The number of carbonyl (C=O) groups is 1. The van der Waals surface area contributed by atoms with Crippen molar-refractivity contribution >= 4 is 33.2 Å². The summed E-state index contributed by atoms with van der Waals surface area (Å²) >= 11 is 3.41. The fraction of sp³-hybridized carbons (Fsp3) is 0.188. The first-order chi connectivity index (χ1) is 10.1. The maximum atomic E-state index is 11.3. The van der Waals surface area contributed by atoms with Gasteiger partial charge in [0.2, 0.25) is 5.91 Å². The summed E-state index contributed by atoms with van der Waals surface area (Å²) in [6, 6.07) is 11.7. The topological polar surface area (TPSA) is 72.4 Å². The van der Waals surface area contributed by atoms with Crippen molar-refractivity contribution in [3.8, 4) is 0 Å². The Kier molecular flexibility index (Phi) is 3.59. The number of nitrogen functional groups attached to an aromatic ring is 1. The van der Waals surface area contributed by atoms with Gasteiger partial charge >= 0.3 is 0 Å². The van der Waals surface area contributed by atoms with E-state index in [0.717, 1.165) is 35.4 Å². The summed E-state index contributed by atoms with van der Waals surface area (Å²) in [6.45, 7) is 1.71. The Bertz CT molecular complexity index is 715. The van der Waals surface area contributed by atoms with Gasteiger partial charge < -0.3 is 16.4 Å². The first-order valence-corrected chi connectivity index (χ1v) is 7.56. The fourth-order valence-electron chi connectivity index (χ4n) is 2.73. The van der Waals surface area contributed by atoms with Gasteiger partial charge in [0.1, 0.15) is 0 Å². The third-order valence-corrected chi connectivity index (χ3v) is 4.55. The van der Waals surface area contributed by atoms with Crippen LogP contribution in [0.2, 0.25) is 0 Å². The Morgan fingerprint density at radius 3 is 2.76 bits per heavy atom. The minimum Gasteiger partial charge on any atom is -0.398 e. The minimum absolute atomic E-state index is 0.429. The molecule has 1 heterocycles. The molecular formula is C16H16BrN3O. The fourth-order valence-corrected chi connectivity index (χ4v) is 3.29. The van der Waals surface area contributed by atoms with Crippen LogP contribution in [0.4, 0.5) is 11.4 Å². The molecule has 0 saturated heterocycles. The summed E-state index contributed by atoms with van der Waals surface area (Å²) in [6.07, 6.45) is 0.968. The SMILES string of the molecule is NC(=O)c1ccc(N2CCc3cccc(N)c3C2)cc1Br. The number of nitrogens with zero attached hydrogens (tertiary/aromatic N) is 1. The van der Waals surface area contributed by atoms with E-state index in [1.807, 2.05) is 24.3 Å². The van der Waals surface area contributed by atoms with Gasteiger partial charge in [-0.2, -0.15) is 0 Å². The van der Waals surface area contributed by atoms with Crippen LogP contribution in [0.25, 0.3) is 0 Å². The smallest absolute Gasteiger partial charge is 0.249 e. The molecule has 0 atom stereocenters. The monoisotopic (exact) mass is 345 g/mol. The number of nitrogens with two attached hydrogens (primary N) is 2. The van der Waals surface area contributed by atoms with Gasteiger partial charge in [0.15, 0.2) is 0 Å². The lowest BCUT2D eigenvalue weighted by Crippen LogP contribution is -2.31. The highest BCUT2D eigenvalue weighted by atomic mass is 79.9. The van der Waals surface area contributed by atoms with Crippen LogP contribution in [0.15, 0.2) is 40.9 Å². The summed E-state index contributed by atoms with van der Waals surface area (Å²) in [4.78, 5) is 13.5. The molecule has 0 saturated carbocycles. The third-order valence-electron chi connectivity index (χ3n) is 3.89. The summed E-state index contributed by atoms with van der Waals surface area (Å²) in [5, 5.41) is 0. The molecule has 0 aliphatic carbocycles. The molecule has 1 aliphatic rings. The van der Waals surface area contributed by atoms with Crippen molar-refractivity contribution in [2.45, 2.75) is 13.0 Å². The van der Waals surface area contributed by atoms with Crippen LogP contribution in [0.1, 0.15) is 21.5 Å².